The molecule has 0 aliphatic carbocycles. The maximum atomic E-state index is 6.37. The van der Waals surface area contributed by atoms with Gasteiger partial charge in [-0.25, -0.2) is 19.9 Å². The van der Waals surface area contributed by atoms with Gasteiger partial charge in [0.25, 0.3) is 0 Å². The number of thiophene rings is 1. The molecule has 0 N–H and O–H groups in total. The molecule has 8 aromatic heterocycles. The first-order chi connectivity index (χ1) is 60.5. The van der Waals surface area contributed by atoms with Crippen LogP contribution in [-0.4, -0.2) is 38.2 Å². The number of hydrogen-bond acceptors (Lipinski definition) is 6. The Morgan fingerprint density at radius 3 is 1.35 bits per heavy atom. The molecule has 0 aliphatic heterocycles. The van der Waals surface area contributed by atoms with Gasteiger partial charge in [-0.1, -0.05) is 279 Å². The molecule has 10 heteroatoms. The molecule has 8 heterocycles. The summed E-state index contributed by atoms with van der Waals surface area (Å²) in [6, 6.07) is 144. The van der Waals surface area contributed by atoms with E-state index in [1.807, 2.05) is 18.2 Å². The molecule has 0 unspecified atom stereocenters. The minimum Gasteiger partial charge on any atom is -0.436 e. The largest absolute Gasteiger partial charge is 0.436 e. The number of rotatable bonds is 8. The van der Waals surface area contributed by atoms with Crippen molar-refractivity contribution >= 4 is 195 Å². The van der Waals surface area contributed by atoms with Crippen molar-refractivity contribution in [3.8, 4) is 67.8 Å². The van der Waals surface area contributed by atoms with Crippen molar-refractivity contribution in [1.29, 1.82) is 0 Å². The highest BCUT2D eigenvalue weighted by atomic mass is 32.1. The molecule has 0 radical (unpaired) electrons. The van der Waals surface area contributed by atoms with Crippen LogP contribution in [0.25, 0.3) is 251 Å². The Kier molecular flexibility index (Phi) is 14.9. The molecule has 122 heavy (non-hydrogen) atoms. The fourth-order valence-corrected chi connectivity index (χ4v) is 20.7. The minimum absolute atomic E-state index is 0.523. The van der Waals surface area contributed by atoms with Crippen molar-refractivity contribution in [2.45, 2.75) is 0 Å². The van der Waals surface area contributed by atoms with Gasteiger partial charge in [0, 0.05) is 109 Å². The third kappa shape index (κ3) is 10.3. The van der Waals surface area contributed by atoms with Gasteiger partial charge in [0.05, 0.1) is 66.9 Å². The van der Waals surface area contributed by atoms with Crippen molar-refractivity contribution in [1.82, 2.24) is 38.2 Å². The second-order valence-electron chi connectivity index (χ2n) is 31.9. The first-order valence-electron chi connectivity index (χ1n) is 41.4. The van der Waals surface area contributed by atoms with Gasteiger partial charge >= 0.3 is 0 Å². The number of fused-ring (bicyclic) bond motifs is 25. The monoisotopic (exact) mass is 1570 g/mol. The summed E-state index contributed by atoms with van der Waals surface area (Å²) < 4.78 is 17.2. The van der Waals surface area contributed by atoms with Gasteiger partial charge < -0.3 is 22.7 Å². The first-order valence-corrected chi connectivity index (χ1v) is 42.2. The molecule has 0 fully saturated rings. The molecule has 0 amide bonds. The normalized spacial score (nSPS) is 12.1. The highest BCUT2D eigenvalue weighted by Gasteiger charge is 2.27. The first kappa shape index (κ1) is 68.0. The number of benzene rings is 19. The van der Waals surface area contributed by atoms with E-state index in [0.717, 1.165) is 127 Å². The molecule has 9 nitrogen and oxygen atoms in total. The Morgan fingerprint density at radius 1 is 0.230 bits per heavy atom. The zero-order valence-electron chi connectivity index (χ0n) is 65.5. The van der Waals surface area contributed by atoms with Crippen molar-refractivity contribution in [3.05, 3.63) is 400 Å². The van der Waals surface area contributed by atoms with Gasteiger partial charge in [0.1, 0.15) is 27.1 Å². The topological polar surface area (TPSA) is 84.4 Å². The summed E-state index contributed by atoms with van der Waals surface area (Å²) >= 11 is 1.71. The molecule has 0 atom stereocenters. The summed E-state index contributed by atoms with van der Waals surface area (Å²) in [6.07, 6.45) is 0. The summed E-state index contributed by atoms with van der Waals surface area (Å²) in [5.41, 5.74) is 24.1. The Hall–Kier alpha value is -16.1. The lowest BCUT2D eigenvalue weighted by Crippen LogP contribution is -1.99. The van der Waals surface area contributed by atoms with Crippen LogP contribution in [0.3, 0.4) is 0 Å². The van der Waals surface area contributed by atoms with E-state index in [1.165, 1.54) is 118 Å². The van der Waals surface area contributed by atoms with Crippen LogP contribution in [-0.2, 0) is 0 Å². The van der Waals surface area contributed by atoms with E-state index in [4.69, 9.17) is 24.4 Å². The molecular formula is C112H66N8OS. The number of furan rings is 1. The number of para-hydroxylation sites is 5. The van der Waals surface area contributed by atoms with Gasteiger partial charge in [-0.3, -0.25) is 0 Å². The molecule has 0 spiro atoms. The summed E-state index contributed by atoms with van der Waals surface area (Å²) in [5, 5.41) is 24.0. The van der Waals surface area contributed by atoms with Crippen molar-refractivity contribution in [2.24, 2.45) is 0 Å². The Bertz CT molecular complexity index is 9100. The number of aromatic nitrogens is 8. The molecule has 0 saturated carbocycles. The van der Waals surface area contributed by atoms with Crippen molar-refractivity contribution in [2.75, 3.05) is 0 Å². The zero-order valence-corrected chi connectivity index (χ0v) is 66.3. The quantitative estimate of drug-likeness (QED) is 0.151. The molecule has 0 aliphatic rings. The van der Waals surface area contributed by atoms with Crippen LogP contribution >= 0.6 is 11.3 Å². The molecular weight excluding hydrogens is 1510 g/mol. The van der Waals surface area contributed by atoms with E-state index in [9.17, 15) is 0 Å². The predicted octanol–water partition coefficient (Wildman–Crippen LogP) is 30.0. The highest BCUT2D eigenvalue weighted by Crippen LogP contribution is 2.48. The van der Waals surface area contributed by atoms with E-state index in [-0.39, 0.29) is 0 Å². The maximum Gasteiger partial charge on any atom is 0.246 e. The number of nitrogens with zero attached hydrogens (tertiary/aromatic N) is 8. The molecule has 27 aromatic rings. The summed E-state index contributed by atoms with van der Waals surface area (Å²) in [7, 11) is 0. The lowest BCUT2D eigenvalue weighted by atomic mass is 9.96. The smallest absolute Gasteiger partial charge is 0.246 e. The van der Waals surface area contributed by atoms with Crippen molar-refractivity contribution in [3.63, 3.8) is 0 Å². The maximum absolute atomic E-state index is 6.37. The Morgan fingerprint density at radius 2 is 0.689 bits per heavy atom. The predicted molar refractivity (Wildman–Crippen MR) is 511 cm³/mol. The van der Waals surface area contributed by atoms with E-state index in [1.54, 1.807) is 11.3 Å². The summed E-state index contributed by atoms with van der Waals surface area (Å²) in [4.78, 5) is 22.9. The van der Waals surface area contributed by atoms with Gasteiger partial charge in [-0.2, -0.15) is 0 Å². The standard InChI is InChI=1S/C58H34N4S.C54H32N4O/c1-2-17-39(18-3-1)61-48-24-12-10-22-43(48)44-28-26-38(34-51(44)61)55-56(59-57-46-23-11-13-25-53(46)63-58(57)60-55)45-29-31-49(42-21-9-8-20-41(42)45)62-50-30-27-35-14-6-7-19-40(35)54(50)47-32-36-15-4-5-16-37(36)33-52(47)62;1-2-15-38(16-3-1)57-46-20-10-8-18-41(46)42-28-25-37(32-47(42)57)51-50(55-52-44-19-9-11-21-49(44)59-54(52)56-51)34-22-26-39(27-23-34)58-48-31-36-14-5-4-13-35(36)30-45(48)43-29-24-33-12-6-7-17-40(33)53(43)58/h1-34H;1-32H. The fraction of sp³-hybridized carbons (Fsp3) is 0. The molecule has 0 bridgehead atoms. The summed E-state index contributed by atoms with van der Waals surface area (Å²) in [6.45, 7) is 0. The summed E-state index contributed by atoms with van der Waals surface area (Å²) in [5.74, 6) is 0. The average molecular weight is 1570 g/mol. The van der Waals surface area contributed by atoms with Crippen LogP contribution in [0.2, 0.25) is 0 Å². The van der Waals surface area contributed by atoms with E-state index in [2.05, 4.69) is 400 Å². The van der Waals surface area contributed by atoms with Crippen LogP contribution in [0.15, 0.2) is 405 Å². The van der Waals surface area contributed by atoms with Crippen LogP contribution in [0.1, 0.15) is 0 Å². The molecule has 27 rings (SSSR count). The third-order valence-electron chi connectivity index (χ3n) is 25.2. The lowest BCUT2D eigenvalue weighted by Gasteiger charge is -2.16. The number of hydrogen-bond donors (Lipinski definition) is 0. The Labute approximate surface area is 701 Å². The Balaban J connectivity index is 0.000000131. The van der Waals surface area contributed by atoms with Gasteiger partial charge in [0.15, 0.2) is 0 Å². The van der Waals surface area contributed by atoms with Crippen LogP contribution < -0.4 is 0 Å². The van der Waals surface area contributed by atoms with E-state index >= 15 is 0 Å². The van der Waals surface area contributed by atoms with Crippen LogP contribution in [0.4, 0.5) is 0 Å². The second kappa shape index (κ2) is 26.7. The SMILES string of the molecule is c1ccc(-n2c3ccccc3c3ccc(-c4nc5oc6ccccc6c5nc4-c4ccc(-n5c6cc7ccccc7cc6c6ccc7ccccc7c65)cc4)cc32)cc1.c1ccc(-n2c3ccccc3c3ccc(-c4nc5sc6ccccc6c5nc4-c4ccc(-n5c6cc7ccccc7cc6c6c7ccccc7ccc65)c5ccccc45)cc32)cc1. The van der Waals surface area contributed by atoms with Crippen LogP contribution in [0.5, 0.6) is 0 Å². The molecule has 0 saturated heterocycles. The minimum atomic E-state index is 0.523. The van der Waals surface area contributed by atoms with Gasteiger partial charge in [-0.05, 0) is 164 Å². The van der Waals surface area contributed by atoms with Gasteiger partial charge in [-0.15, -0.1) is 11.3 Å². The highest BCUT2D eigenvalue weighted by molar-refractivity contribution is 7.25. The lowest BCUT2D eigenvalue weighted by molar-refractivity contribution is 0.653. The van der Waals surface area contributed by atoms with Gasteiger partial charge in [0.2, 0.25) is 5.71 Å². The zero-order chi connectivity index (χ0) is 79.8. The van der Waals surface area contributed by atoms with Crippen LogP contribution in [0, 0.1) is 0 Å². The fourth-order valence-electron chi connectivity index (χ4n) is 19.7. The average Bonchev–Trinajstić information content (AvgIpc) is 1.57. The third-order valence-corrected chi connectivity index (χ3v) is 26.2. The van der Waals surface area contributed by atoms with E-state index < -0.39 is 0 Å². The van der Waals surface area contributed by atoms with E-state index in [0.29, 0.717) is 5.71 Å². The molecule has 566 valence electrons. The molecule has 19 aromatic carbocycles. The second-order valence-corrected chi connectivity index (χ2v) is 32.9. The van der Waals surface area contributed by atoms with Crippen molar-refractivity contribution < 1.29 is 4.42 Å².